The van der Waals surface area contributed by atoms with Crippen LogP contribution in [-0.2, 0) is 9.59 Å². The highest BCUT2D eigenvalue weighted by Gasteiger charge is 2.51. The molecule has 3 saturated heterocycles. The summed E-state index contributed by atoms with van der Waals surface area (Å²) >= 11 is 4.41. The Bertz CT molecular complexity index is 887. The number of hydrogen-bond acceptors (Lipinski definition) is 6. The minimum atomic E-state index is -0.718. The fourth-order valence-electron chi connectivity index (χ4n) is 5.30. The summed E-state index contributed by atoms with van der Waals surface area (Å²) in [5.74, 6) is 0.227. The number of thiol groups is 1. The third-order valence-corrected chi connectivity index (χ3v) is 7.05. The Morgan fingerprint density at radius 3 is 2.80 bits per heavy atom. The van der Waals surface area contributed by atoms with Gasteiger partial charge in [0.1, 0.15) is 6.04 Å². The second-order valence-electron chi connectivity index (χ2n) is 8.96. The molecule has 8 heteroatoms. The van der Waals surface area contributed by atoms with Crippen LogP contribution in [-0.4, -0.2) is 70.3 Å². The van der Waals surface area contributed by atoms with E-state index in [0.717, 1.165) is 23.4 Å². The number of amides is 2. The maximum Gasteiger partial charge on any atom is 0.241 e. The van der Waals surface area contributed by atoms with Gasteiger partial charge < -0.3 is 15.5 Å². The molecular formula is C22H29N5O2S. The fraction of sp³-hybridized carbons (Fsp3) is 0.591. The third-order valence-electron chi connectivity index (χ3n) is 6.77. The van der Waals surface area contributed by atoms with Gasteiger partial charge >= 0.3 is 0 Å². The molecule has 3 aliphatic heterocycles. The Kier molecular flexibility index (Phi) is 5.80. The van der Waals surface area contributed by atoms with E-state index in [1.165, 1.54) is 0 Å². The molecule has 2 N–H and O–H groups in total. The summed E-state index contributed by atoms with van der Waals surface area (Å²) in [7, 11) is 0. The highest BCUT2D eigenvalue weighted by molar-refractivity contribution is 7.80. The van der Waals surface area contributed by atoms with Gasteiger partial charge in [0.2, 0.25) is 11.8 Å². The van der Waals surface area contributed by atoms with Crippen LogP contribution in [0, 0.1) is 17.2 Å². The Balaban J connectivity index is 1.39. The molecule has 160 valence electrons. The van der Waals surface area contributed by atoms with E-state index >= 15 is 0 Å². The molecule has 1 aromatic carbocycles. The number of likely N-dealkylation sites (tertiary alicyclic amines) is 3. The molecule has 0 saturated carbocycles. The first-order valence-electron chi connectivity index (χ1n) is 10.6. The van der Waals surface area contributed by atoms with Gasteiger partial charge in [-0.15, -0.1) is 12.6 Å². The number of nitrogens with zero attached hydrogens (tertiary/aromatic N) is 4. The van der Waals surface area contributed by atoms with Crippen LogP contribution in [0.2, 0.25) is 0 Å². The standard InChI is InChI=1S/C22H29N5O2S/c1-13-6-16(9-23)26(10-13)21(28)19(24)12-25-11-17-8-20(25)22(29)27(17)14(2)15-4-3-5-18(30)7-15/h3-5,7,13-14,16-17,19-20,30H,6,8,10-12,24H2,1-2H3/t13?,14?,16?,17-,19?,20?/m0/s1. The summed E-state index contributed by atoms with van der Waals surface area (Å²) in [4.78, 5) is 32.5. The number of rotatable bonds is 5. The van der Waals surface area contributed by atoms with Crippen molar-refractivity contribution in [2.75, 3.05) is 19.6 Å². The van der Waals surface area contributed by atoms with Crippen LogP contribution in [0.5, 0.6) is 0 Å². The van der Waals surface area contributed by atoms with Gasteiger partial charge in [0.05, 0.1) is 24.2 Å². The topological polar surface area (TPSA) is 93.7 Å². The van der Waals surface area contributed by atoms with Crippen molar-refractivity contribution in [2.24, 2.45) is 11.7 Å². The summed E-state index contributed by atoms with van der Waals surface area (Å²) in [6.45, 7) is 5.74. The van der Waals surface area contributed by atoms with Crippen LogP contribution in [0.15, 0.2) is 29.2 Å². The zero-order chi connectivity index (χ0) is 21.6. The van der Waals surface area contributed by atoms with Crippen LogP contribution < -0.4 is 5.73 Å². The van der Waals surface area contributed by atoms with E-state index in [9.17, 15) is 14.9 Å². The highest BCUT2D eigenvalue weighted by Crippen LogP contribution is 2.38. The van der Waals surface area contributed by atoms with E-state index in [2.05, 4.69) is 30.5 Å². The summed E-state index contributed by atoms with van der Waals surface area (Å²) in [5.41, 5.74) is 7.32. The lowest BCUT2D eigenvalue weighted by Gasteiger charge is -2.38. The predicted octanol–water partition coefficient (Wildman–Crippen LogP) is 1.41. The summed E-state index contributed by atoms with van der Waals surface area (Å²) in [5, 5.41) is 9.33. The van der Waals surface area contributed by atoms with Crippen molar-refractivity contribution in [3.05, 3.63) is 29.8 Å². The van der Waals surface area contributed by atoms with Crippen molar-refractivity contribution in [1.82, 2.24) is 14.7 Å². The van der Waals surface area contributed by atoms with E-state index in [4.69, 9.17) is 5.73 Å². The zero-order valence-electron chi connectivity index (χ0n) is 17.4. The Morgan fingerprint density at radius 2 is 2.13 bits per heavy atom. The van der Waals surface area contributed by atoms with E-state index in [1.54, 1.807) is 4.90 Å². The Hall–Kier alpha value is -2.08. The summed E-state index contributed by atoms with van der Waals surface area (Å²) < 4.78 is 0. The lowest BCUT2D eigenvalue weighted by Crippen LogP contribution is -2.56. The van der Waals surface area contributed by atoms with Crippen molar-refractivity contribution in [1.29, 1.82) is 5.26 Å². The molecule has 4 rings (SSSR count). The monoisotopic (exact) mass is 427 g/mol. The number of nitriles is 1. The highest BCUT2D eigenvalue weighted by atomic mass is 32.1. The first-order chi connectivity index (χ1) is 14.3. The van der Waals surface area contributed by atoms with Crippen LogP contribution in [0.4, 0.5) is 0 Å². The van der Waals surface area contributed by atoms with Gasteiger partial charge in [0.15, 0.2) is 0 Å². The van der Waals surface area contributed by atoms with E-state index < -0.39 is 12.1 Å². The van der Waals surface area contributed by atoms with Crippen LogP contribution >= 0.6 is 12.6 Å². The molecule has 5 unspecified atom stereocenters. The molecular weight excluding hydrogens is 398 g/mol. The van der Waals surface area contributed by atoms with Crippen LogP contribution in [0.3, 0.4) is 0 Å². The zero-order valence-corrected chi connectivity index (χ0v) is 18.3. The summed E-state index contributed by atoms with van der Waals surface area (Å²) in [6.07, 6.45) is 1.47. The van der Waals surface area contributed by atoms with Crippen LogP contribution in [0.25, 0.3) is 0 Å². The maximum absolute atomic E-state index is 13.1. The minimum absolute atomic E-state index is 0.0143. The van der Waals surface area contributed by atoms with Crippen molar-refractivity contribution in [3.8, 4) is 6.07 Å². The molecule has 7 nitrogen and oxygen atoms in total. The number of nitrogens with two attached hydrogens (primary N) is 1. The molecule has 3 heterocycles. The molecule has 30 heavy (non-hydrogen) atoms. The van der Waals surface area contributed by atoms with Crippen molar-refractivity contribution >= 4 is 24.4 Å². The SMILES string of the molecule is CC1CC(C#N)N(C(=O)C(N)CN2C[C@@H]3CC2C(=O)N3C(C)c2cccc(S)c2)C1. The minimum Gasteiger partial charge on any atom is -0.330 e. The van der Waals surface area contributed by atoms with E-state index in [0.29, 0.717) is 25.4 Å². The van der Waals surface area contributed by atoms with Gasteiger partial charge in [-0.1, -0.05) is 19.1 Å². The van der Waals surface area contributed by atoms with Gasteiger partial charge in [0, 0.05) is 30.6 Å². The lowest BCUT2D eigenvalue weighted by molar-refractivity contribution is -0.141. The van der Waals surface area contributed by atoms with E-state index in [-0.39, 0.29) is 29.9 Å². The van der Waals surface area contributed by atoms with E-state index in [1.807, 2.05) is 36.1 Å². The number of benzene rings is 1. The quantitative estimate of drug-likeness (QED) is 0.693. The second-order valence-corrected chi connectivity index (χ2v) is 9.47. The summed E-state index contributed by atoms with van der Waals surface area (Å²) in [6, 6.07) is 8.90. The average molecular weight is 428 g/mol. The van der Waals surface area contributed by atoms with Gasteiger partial charge in [-0.05, 0) is 43.4 Å². The Morgan fingerprint density at radius 1 is 1.37 bits per heavy atom. The predicted molar refractivity (Wildman–Crippen MR) is 116 cm³/mol. The molecule has 1 aromatic rings. The molecule has 0 radical (unpaired) electrons. The number of fused-ring (bicyclic) bond motifs is 2. The molecule has 2 bridgehead atoms. The number of piperazine rings is 1. The lowest BCUT2D eigenvalue weighted by atomic mass is 10.1. The van der Waals surface area contributed by atoms with Crippen molar-refractivity contribution in [3.63, 3.8) is 0 Å². The first-order valence-corrected chi connectivity index (χ1v) is 11.1. The number of carbonyl (C=O) groups is 2. The molecule has 3 fully saturated rings. The third kappa shape index (κ3) is 3.70. The number of hydrogen-bond donors (Lipinski definition) is 2. The largest absolute Gasteiger partial charge is 0.330 e. The maximum atomic E-state index is 13.1. The molecule has 0 spiro atoms. The van der Waals surface area contributed by atoms with Gasteiger partial charge in [-0.3, -0.25) is 14.5 Å². The Labute approximate surface area is 183 Å². The molecule has 0 aliphatic carbocycles. The average Bonchev–Trinajstić information content (AvgIpc) is 3.39. The van der Waals surface area contributed by atoms with Crippen LogP contribution in [0.1, 0.15) is 38.3 Å². The smallest absolute Gasteiger partial charge is 0.241 e. The first kappa shape index (κ1) is 21.2. The molecule has 2 amide bonds. The normalized spacial score (nSPS) is 30.6. The van der Waals surface area contributed by atoms with Crippen molar-refractivity contribution in [2.45, 2.75) is 61.8 Å². The second kappa shape index (κ2) is 8.22. The van der Waals surface area contributed by atoms with Gasteiger partial charge in [-0.25, -0.2) is 0 Å². The molecule has 3 aliphatic rings. The van der Waals surface area contributed by atoms with Gasteiger partial charge in [-0.2, -0.15) is 5.26 Å². The molecule has 6 atom stereocenters. The molecule has 0 aromatic heterocycles. The van der Waals surface area contributed by atoms with Crippen molar-refractivity contribution < 1.29 is 9.59 Å². The number of carbonyl (C=O) groups excluding carboxylic acids is 2. The van der Waals surface area contributed by atoms with Gasteiger partial charge in [0.25, 0.3) is 0 Å². The fourth-order valence-corrected chi connectivity index (χ4v) is 5.53.